The van der Waals surface area contributed by atoms with Gasteiger partial charge in [-0.1, -0.05) is 18.2 Å². The van der Waals surface area contributed by atoms with Crippen LogP contribution >= 0.6 is 11.6 Å². The van der Waals surface area contributed by atoms with Crippen LogP contribution in [0.1, 0.15) is 15.9 Å². The number of rotatable bonds is 4. The summed E-state index contributed by atoms with van der Waals surface area (Å²) in [4.78, 5) is 14.3. The number of halogens is 3. The van der Waals surface area contributed by atoms with Crippen LogP contribution in [0.5, 0.6) is 0 Å². The van der Waals surface area contributed by atoms with Gasteiger partial charge in [0, 0.05) is 42.5 Å². The molecule has 5 heteroatoms. The van der Waals surface area contributed by atoms with Crippen molar-refractivity contribution in [3.63, 3.8) is 0 Å². The molecule has 0 N–H and O–H groups in total. The molecule has 2 aromatic rings. The minimum absolute atomic E-state index is 0.0438. The van der Waals surface area contributed by atoms with Crippen molar-refractivity contribution in [2.45, 2.75) is 0 Å². The normalized spacial score (nSPS) is 10.4. The third kappa shape index (κ3) is 3.17. The highest BCUT2D eigenvalue weighted by Crippen LogP contribution is 2.28. The van der Waals surface area contributed by atoms with Crippen LogP contribution in [0.2, 0.25) is 5.02 Å². The Hall–Kier alpha value is -2.20. The van der Waals surface area contributed by atoms with Gasteiger partial charge in [-0.3, -0.25) is 4.79 Å². The predicted octanol–water partition coefficient (Wildman–Crippen LogP) is 4.58. The zero-order valence-corrected chi connectivity index (χ0v) is 12.9. The summed E-state index contributed by atoms with van der Waals surface area (Å²) in [6, 6.07) is 7.95. The van der Waals surface area contributed by atoms with Crippen molar-refractivity contribution < 1.29 is 13.6 Å². The van der Waals surface area contributed by atoms with Gasteiger partial charge in [0.1, 0.15) is 11.6 Å². The summed E-state index contributed by atoms with van der Waals surface area (Å²) in [6.45, 7) is 3.62. The maximum atomic E-state index is 13.8. The molecule has 0 aliphatic carbocycles. The molecule has 0 fully saturated rings. The quantitative estimate of drug-likeness (QED) is 0.607. The largest absolute Gasteiger partial charge is 0.378 e. The summed E-state index contributed by atoms with van der Waals surface area (Å²) >= 11 is 6.06. The molecule has 2 aromatic carbocycles. The van der Waals surface area contributed by atoms with Gasteiger partial charge in [-0.15, -0.1) is 0 Å². The van der Waals surface area contributed by atoms with Crippen LogP contribution in [0, 0.1) is 11.6 Å². The lowest BCUT2D eigenvalue weighted by molar-refractivity contribution is 0.105. The first-order chi connectivity index (χ1) is 10.3. The van der Waals surface area contributed by atoms with Crippen LogP contribution in [0.3, 0.4) is 0 Å². The van der Waals surface area contributed by atoms with Crippen molar-refractivity contribution >= 4 is 28.6 Å². The molecule has 0 atom stereocenters. The Kier molecular flexibility index (Phi) is 4.62. The number of ketones is 1. The van der Waals surface area contributed by atoms with E-state index >= 15 is 0 Å². The van der Waals surface area contributed by atoms with Gasteiger partial charge < -0.3 is 4.90 Å². The number of benzene rings is 2. The smallest absolute Gasteiger partial charge is 0.194 e. The van der Waals surface area contributed by atoms with E-state index in [1.54, 1.807) is 18.2 Å². The average molecular weight is 322 g/mol. The van der Waals surface area contributed by atoms with Crippen molar-refractivity contribution in [1.82, 2.24) is 0 Å². The van der Waals surface area contributed by atoms with Gasteiger partial charge >= 0.3 is 0 Å². The third-order valence-electron chi connectivity index (χ3n) is 3.24. The van der Waals surface area contributed by atoms with Gasteiger partial charge in [0.15, 0.2) is 5.78 Å². The van der Waals surface area contributed by atoms with E-state index < -0.39 is 17.4 Å². The van der Waals surface area contributed by atoms with Gasteiger partial charge in [-0.05, 0) is 30.3 Å². The first-order valence-corrected chi connectivity index (χ1v) is 6.85. The number of Topliss-reactive ketones (excluding diaryl/α,β-unsaturated/α-hetero) is 1. The molecule has 0 amide bonds. The van der Waals surface area contributed by atoms with Crippen molar-refractivity contribution in [3.05, 3.63) is 70.8 Å². The average Bonchev–Trinajstić information content (AvgIpc) is 2.46. The van der Waals surface area contributed by atoms with Gasteiger partial charge in [0.2, 0.25) is 0 Å². The Bertz CT molecular complexity index is 756. The fourth-order valence-electron chi connectivity index (χ4n) is 1.98. The van der Waals surface area contributed by atoms with E-state index in [9.17, 15) is 13.6 Å². The lowest BCUT2D eigenvalue weighted by atomic mass is 9.97. The van der Waals surface area contributed by atoms with Crippen LogP contribution in [-0.4, -0.2) is 19.9 Å². The highest BCUT2D eigenvalue weighted by atomic mass is 35.5. The summed E-state index contributed by atoms with van der Waals surface area (Å²) in [7, 11) is 3.65. The lowest BCUT2D eigenvalue weighted by Crippen LogP contribution is -2.11. The molecule has 2 rings (SSSR count). The molecule has 114 valence electrons. The molecule has 0 radical (unpaired) electrons. The number of hydrogen-bond acceptors (Lipinski definition) is 2. The predicted molar refractivity (Wildman–Crippen MR) is 85.5 cm³/mol. The molecule has 2 nitrogen and oxygen atoms in total. The molecule has 0 aliphatic heterocycles. The number of allylic oxidation sites excluding steroid dienone is 1. The summed E-state index contributed by atoms with van der Waals surface area (Å²) in [5.74, 6) is -2.05. The minimum atomic E-state index is -0.835. The molecule has 22 heavy (non-hydrogen) atoms. The molecule has 0 heterocycles. The second kappa shape index (κ2) is 6.28. The molecule has 0 bridgehead atoms. The number of carbonyl (C=O) groups excluding carboxylic acids is 1. The second-order valence-electron chi connectivity index (χ2n) is 4.99. The van der Waals surface area contributed by atoms with Gasteiger partial charge in [0.05, 0.1) is 5.02 Å². The lowest BCUT2D eigenvalue weighted by Gasteiger charge is -2.15. The zero-order valence-electron chi connectivity index (χ0n) is 12.2. The number of anilines is 1. The monoisotopic (exact) mass is 321 g/mol. The zero-order chi connectivity index (χ0) is 16.4. The van der Waals surface area contributed by atoms with Crippen LogP contribution in [0.4, 0.5) is 14.5 Å². The van der Waals surface area contributed by atoms with E-state index in [1.165, 1.54) is 6.07 Å². The Balaban J connectivity index is 2.43. The number of carbonyl (C=O) groups is 1. The summed E-state index contributed by atoms with van der Waals surface area (Å²) in [6.07, 6.45) is 0. The van der Waals surface area contributed by atoms with Crippen LogP contribution in [0.25, 0.3) is 5.57 Å². The Morgan fingerprint density at radius 1 is 1.09 bits per heavy atom. The summed E-state index contributed by atoms with van der Waals surface area (Å²) in [5.41, 5.74) is 0.884. The number of hydrogen-bond donors (Lipinski definition) is 0. The van der Waals surface area contributed by atoms with Gasteiger partial charge in [-0.25, -0.2) is 8.78 Å². The highest BCUT2D eigenvalue weighted by molar-refractivity contribution is 6.39. The molecule has 0 aromatic heterocycles. The van der Waals surface area contributed by atoms with Gasteiger partial charge in [-0.2, -0.15) is 0 Å². The van der Waals surface area contributed by atoms with E-state index in [0.717, 1.165) is 11.8 Å². The maximum Gasteiger partial charge on any atom is 0.194 e. The molecule has 0 aliphatic rings. The fraction of sp³-hybridized carbons (Fsp3) is 0.118. The Morgan fingerprint density at radius 2 is 1.77 bits per heavy atom. The van der Waals surface area contributed by atoms with Crippen LogP contribution in [0.15, 0.2) is 43.0 Å². The Labute approximate surface area is 132 Å². The molecule has 0 unspecified atom stereocenters. The van der Waals surface area contributed by atoms with E-state index in [1.807, 2.05) is 19.0 Å². The third-order valence-corrected chi connectivity index (χ3v) is 3.57. The second-order valence-corrected chi connectivity index (χ2v) is 5.40. The van der Waals surface area contributed by atoms with E-state index in [0.29, 0.717) is 6.07 Å². The molecular weight excluding hydrogens is 308 g/mol. The SMILES string of the molecule is C=C(C(=O)c1cc(N(C)C)ccc1Cl)c1ccc(F)cc1F. The minimum Gasteiger partial charge on any atom is -0.378 e. The van der Waals surface area contributed by atoms with E-state index in [2.05, 4.69) is 6.58 Å². The summed E-state index contributed by atoms with van der Waals surface area (Å²) in [5, 5.41) is 0.249. The topological polar surface area (TPSA) is 20.3 Å². The first-order valence-electron chi connectivity index (χ1n) is 6.47. The molecule has 0 saturated carbocycles. The number of nitrogens with zero attached hydrogens (tertiary/aromatic N) is 1. The molecule has 0 spiro atoms. The van der Waals surface area contributed by atoms with E-state index in [4.69, 9.17) is 11.6 Å². The van der Waals surface area contributed by atoms with Crippen molar-refractivity contribution in [2.75, 3.05) is 19.0 Å². The first kappa shape index (κ1) is 16.2. The maximum absolute atomic E-state index is 13.8. The highest BCUT2D eigenvalue weighted by Gasteiger charge is 2.19. The van der Waals surface area contributed by atoms with E-state index in [-0.39, 0.29) is 21.7 Å². The van der Waals surface area contributed by atoms with Crippen LogP contribution < -0.4 is 4.90 Å². The standard InChI is InChI=1S/C17H14ClF2NO/c1-10(13-6-4-11(19)8-16(13)20)17(22)14-9-12(21(2)3)5-7-15(14)18/h4-9H,1H2,2-3H3. The fourth-order valence-corrected chi connectivity index (χ4v) is 2.19. The Morgan fingerprint density at radius 3 is 2.36 bits per heavy atom. The summed E-state index contributed by atoms with van der Waals surface area (Å²) < 4.78 is 26.8. The molecular formula is C17H14ClF2NO. The van der Waals surface area contributed by atoms with Crippen LogP contribution in [-0.2, 0) is 0 Å². The van der Waals surface area contributed by atoms with Gasteiger partial charge in [0.25, 0.3) is 0 Å². The van der Waals surface area contributed by atoms with Crippen molar-refractivity contribution in [2.24, 2.45) is 0 Å². The van der Waals surface area contributed by atoms with Crippen molar-refractivity contribution in [3.8, 4) is 0 Å². The van der Waals surface area contributed by atoms with Crippen molar-refractivity contribution in [1.29, 1.82) is 0 Å². The molecule has 0 saturated heterocycles.